The molecule has 1 N–H and O–H groups in total. The van der Waals surface area contributed by atoms with E-state index in [1.165, 1.54) is 22.0 Å². The van der Waals surface area contributed by atoms with Crippen molar-refractivity contribution >= 4 is 25.7 Å². The molecule has 0 bridgehead atoms. The van der Waals surface area contributed by atoms with Gasteiger partial charge in [-0.25, -0.2) is 21.6 Å². The summed E-state index contributed by atoms with van der Waals surface area (Å²) < 4.78 is 55.1. The smallest absolute Gasteiger partial charge is 0.264 e. The van der Waals surface area contributed by atoms with Gasteiger partial charge in [-0.05, 0) is 73.1 Å². The van der Waals surface area contributed by atoms with E-state index >= 15 is 0 Å². The maximum Gasteiger partial charge on any atom is 0.264 e. The van der Waals surface area contributed by atoms with Crippen LogP contribution in [-0.4, -0.2) is 29.9 Å². The number of fused-ring (bicyclic) bond motifs is 2. The SMILES string of the molecule is CCNS(=O)(=O)c1ccc2c(c1)N(S(=O)(=O)c1ccc3c(c1)CCCC3)CC2. The van der Waals surface area contributed by atoms with Gasteiger partial charge in [-0.1, -0.05) is 19.1 Å². The lowest BCUT2D eigenvalue weighted by molar-refractivity contribution is 0.583. The fraction of sp³-hybridized carbons (Fsp3) is 0.400. The topological polar surface area (TPSA) is 83.6 Å². The van der Waals surface area contributed by atoms with Crippen molar-refractivity contribution in [3.8, 4) is 0 Å². The summed E-state index contributed by atoms with van der Waals surface area (Å²) in [4.78, 5) is 0.363. The van der Waals surface area contributed by atoms with Crippen LogP contribution in [0.25, 0.3) is 0 Å². The predicted octanol–water partition coefficient (Wildman–Crippen LogP) is 2.62. The number of hydrogen-bond acceptors (Lipinski definition) is 4. The third-order valence-corrected chi connectivity index (χ3v) is 8.81. The van der Waals surface area contributed by atoms with E-state index in [-0.39, 0.29) is 16.3 Å². The van der Waals surface area contributed by atoms with Crippen molar-refractivity contribution in [1.29, 1.82) is 0 Å². The van der Waals surface area contributed by atoms with Crippen LogP contribution in [0.4, 0.5) is 5.69 Å². The molecule has 1 aliphatic carbocycles. The number of rotatable bonds is 5. The van der Waals surface area contributed by atoms with E-state index in [0.29, 0.717) is 18.7 Å². The third kappa shape index (κ3) is 3.33. The van der Waals surface area contributed by atoms with Gasteiger partial charge in [-0.2, -0.15) is 0 Å². The van der Waals surface area contributed by atoms with Crippen LogP contribution in [0.3, 0.4) is 0 Å². The van der Waals surface area contributed by atoms with Crippen LogP contribution in [0.2, 0.25) is 0 Å². The van der Waals surface area contributed by atoms with E-state index in [2.05, 4.69) is 4.72 Å². The molecule has 0 fully saturated rings. The zero-order valence-corrected chi connectivity index (χ0v) is 17.4. The first-order chi connectivity index (χ1) is 13.3. The van der Waals surface area contributed by atoms with Crippen LogP contribution >= 0.6 is 0 Å². The van der Waals surface area contributed by atoms with E-state index in [1.807, 2.05) is 6.07 Å². The summed E-state index contributed by atoms with van der Waals surface area (Å²) in [5.41, 5.74) is 3.63. The summed E-state index contributed by atoms with van der Waals surface area (Å²) in [6, 6.07) is 10.1. The average molecular weight is 421 g/mol. The molecule has 28 heavy (non-hydrogen) atoms. The first-order valence-corrected chi connectivity index (χ1v) is 12.5. The number of anilines is 1. The van der Waals surface area contributed by atoms with Crippen molar-refractivity contribution in [2.45, 2.75) is 48.8 Å². The van der Waals surface area contributed by atoms with Gasteiger partial charge in [0.05, 0.1) is 15.5 Å². The number of benzene rings is 2. The minimum Gasteiger partial charge on any atom is -0.266 e. The summed E-state index contributed by atoms with van der Waals surface area (Å²) in [6.07, 6.45) is 4.69. The molecule has 0 aromatic heterocycles. The van der Waals surface area contributed by atoms with Crippen LogP contribution in [-0.2, 0) is 39.3 Å². The summed E-state index contributed by atoms with van der Waals surface area (Å²) >= 11 is 0. The highest BCUT2D eigenvalue weighted by Gasteiger charge is 2.32. The minimum absolute atomic E-state index is 0.0839. The van der Waals surface area contributed by atoms with Gasteiger partial charge < -0.3 is 0 Å². The van der Waals surface area contributed by atoms with Gasteiger partial charge in [0.1, 0.15) is 0 Å². The van der Waals surface area contributed by atoms with Gasteiger partial charge in [-0.15, -0.1) is 0 Å². The Bertz CT molecular complexity index is 1120. The van der Waals surface area contributed by atoms with Crippen molar-refractivity contribution in [3.05, 3.63) is 53.1 Å². The molecule has 0 unspecified atom stereocenters. The monoisotopic (exact) mass is 420 g/mol. The van der Waals surface area contributed by atoms with Gasteiger partial charge >= 0.3 is 0 Å². The molecule has 0 radical (unpaired) electrons. The molecule has 150 valence electrons. The molecule has 1 aliphatic heterocycles. The Kier molecular flexibility index (Phi) is 4.97. The molecule has 2 aliphatic rings. The Labute approximate surface area is 166 Å². The fourth-order valence-electron chi connectivity index (χ4n) is 4.02. The van der Waals surface area contributed by atoms with E-state index in [9.17, 15) is 16.8 Å². The molecule has 0 saturated heterocycles. The molecule has 8 heteroatoms. The summed E-state index contributed by atoms with van der Waals surface area (Å²) in [5, 5.41) is 0. The Hall–Kier alpha value is -1.90. The quantitative estimate of drug-likeness (QED) is 0.806. The van der Waals surface area contributed by atoms with Crippen LogP contribution < -0.4 is 9.03 Å². The first kappa shape index (κ1) is 19.4. The average Bonchev–Trinajstić information content (AvgIpc) is 3.11. The highest BCUT2D eigenvalue weighted by atomic mass is 32.2. The van der Waals surface area contributed by atoms with Gasteiger partial charge in [-0.3, -0.25) is 4.31 Å². The van der Waals surface area contributed by atoms with Gasteiger partial charge in [0.2, 0.25) is 10.0 Å². The van der Waals surface area contributed by atoms with E-state index in [0.717, 1.165) is 36.8 Å². The van der Waals surface area contributed by atoms with Gasteiger partial charge in [0.25, 0.3) is 10.0 Å². The highest BCUT2D eigenvalue weighted by Crippen LogP contribution is 2.35. The van der Waals surface area contributed by atoms with Gasteiger partial charge in [0.15, 0.2) is 0 Å². The zero-order chi connectivity index (χ0) is 19.9. The number of nitrogens with zero attached hydrogens (tertiary/aromatic N) is 1. The first-order valence-electron chi connectivity index (χ1n) is 9.60. The maximum absolute atomic E-state index is 13.3. The van der Waals surface area contributed by atoms with E-state index in [1.54, 1.807) is 25.1 Å². The van der Waals surface area contributed by atoms with Crippen molar-refractivity contribution in [1.82, 2.24) is 4.72 Å². The second-order valence-electron chi connectivity index (χ2n) is 7.26. The minimum atomic E-state index is -3.74. The van der Waals surface area contributed by atoms with Crippen LogP contribution in [0.5, 0.6) is 0 Å². The number of nitrogens with one attached hydrogen (secondary N) is 1. The van der Waals surface area contributed by atoms with Crippen molar-refractivity contribution in [3.63, 3.8) is 0 Å². The van der Waals surface area contributed by atoms with Crippen LogP contribution in [0, 0.1) is 0 Å². The maximum atomic E-state index is 13.3. The van der Waals surface area contributed by atoms with Crippen molar-refractivity contribution in [2.24, 2.45) is 0 Å². The molecule has 0 amide bonds. The third-order valence-electron chi connectivity index (χ3n) is 5.46. The molecule has 0 spiro atoms. The lowest BCUT2D eigenvalue weighted by Gasteiger charge is -2.22. The fourth-order valence-corrected chi connectivity index (χ4v) is 6.62. The van der Waals surface area contributed by atoms with Crippen LogP contribution in [0.1, 0.15) is 36.5 Å². The number of sulfonamides is 2. The predicted molar refractivity (Wildman–Crippen MR) is 109 cm³/mol. The Morgan fingerprint density at radius 1 is 0.857 bits per heavy atom. The van der Waals surface area contributed by atoms with E-state index in [4.69, 9.17) is 0 Å². The molecular formula is C20H24N2O4S2. The molecule has 6 nitrogen and oxygen atoms in total. The normalized spacial score (nSPS) is 16.7. The van der Waals surface area contributed by atoms with Gasteiger partial charge in [0, 0.05) is 13.1 Å². The molecule has 0 atom stereocenters. The summed E-state index contributed by atoms with van der Waals surface area (Å²) in [6.45, 7) is 2.30. The number of aryl methyl sites for hydroxylation is 2. The van der Waals surface area contributed by atoms with Crippen molar-refractivity contribution in [2.75, 3.05) is 17.4 Å². The Morgan fingerprint density at radius 3 is 2.29 bits per heavy atom. The highest BCUT2D eigenvalue weighted by molar-refractivity contribution is 7.93. The number of hydrogen-bond donors (Lipinski definition) is 1. The molecule has 2 aromatic carbocycles. The van der Waals surface area contributed by atoms with Crippen LogP contribution in [0.15, 0.2) is 46.2 Å². The molecule has 2 aromatic rings. The molecule has 0 saturated carbocycles. The van der Waals surface area contributed by atoms with Crippen molar-refractivity contribution < 1.29 is 16.8 Å². The second kappa shape index (κ2) is 7.17. The summed E-state index contributed by atoms with van der Waals surface area (Å²) in [5.74, 6) is 0. The summed E-state index contributed by atoms with van der Waals surface area (Å²) in [7, 11) is -7.39. The molecular weight excluding hydrogens is 396 g/mol. The molecule has 1 heterocycles. The Morgan fingerprint density at radius 2 is 1.54 bits per heavy atom. The largest absolute Gasteiger partial charge is 0.266 e. The Balaban J connectivity index is 1.74. The second-order valence-corrected chi connectivity index (χ2v) is 10.9. The lowest BCUT2D eigenvalue weighted by Crippen LogP contribution is -2.29. The zero-order valence-electron chi connectivity index (χ0n) is 15.8. The van der Waals surface area contributed by atoms with E-state index < -0.39 is 20.0 Å². The lowest BCUT2D eigenvalue weighted by atomic mass is 9.92. The molecule has 4 rings (SSSR count). The standard InChI is InChI=1S/C20H24N2O4S2/c1-2-21-27(23,24)18-9-8-16-11-12-22(20(16)14-18)28(25,26)19-10-7-15-5-3-4-6-17(15)13-19/h7-10,13-14,21H,2-6,11-12H2,1H3.